The van der Waals surface area contributed by atoms with Gasteiger partial charge in [-0.3, -0.25) is 9.48 Å². The van der Waals surface area contributed by atoms with Crippen molar-refractivity contribution in [1.82, 2.24) is 14.8 Å². The van der Waals surface area contributed by atoms with Crippen molar-refractivity contribution in [3.63, 3.8) is 0 Å². The van der Waals surface area contributed by atoms with E-state index >= 15 is 0 Å². The second-order valence-corrected chi connectivity index (χ2v) is 7.97. The molecule has 0 saturated carbocycles. The van der Waals surface area contributed by atoms with E-state index in [1.165, 1.54) is 17.9 Å². The van der Waals surface area contributed by atoms with E-state index in [4.69, 9.17) is 16.2 Å². The molecule has 2 atom stereocenters. The van der Waals surface area contributed by atoms with Crippen LogP contribution in [-0.4, -0.2) is 60.6 Å². The molecular weight excluding hydrogens is 434 g/mol. The average molecular weight is 463 g/mol. The summed E-state index contributed by atoms with van der Waals surface area (Å²) in [6, 6.07) is 3.04. The first-order chi connectivity index (χ1) is 15.5. The molecule has 0 saturated heterocycles. The number of hydrogen-bond acceptors (Lipinski definition) is 8. The summed E-state index contributed by atoms with van der Waals surface area (Å²) in [6.45, 7) is 1.94. The Balaban J connectivity index is 2.07. The minimum atomic E-state index is -0.895. The number of ether oxygens (including phenoxy) is 1. The molecule has 1 aromatic carbocycles. The first kappa shape index (κ1) is 24.1. The van der Waals surface area contributed by atoms with Gasteiger partial charge in [-0.25, -0.2) is 13.8 Å². The van der Waals surface area contributed by atoms with Crippen LogP contribution in [0.2, 0.25) is 0 Å². The number of anilines is 4. The fourth-order valence-electron chi connectivity index (χ4n) is 3.44. The van der Waals surface area contributed by atoms with E-state index in [1.54, 1.807) is 39.0 Å². The van der Waals surface area contributed by atoms with Crippen LogP contribution in [0.3, 0.4) is 0 Å². The van der Waals surface area contributed by atoms with E-state index in [-0.39, 0.29) is 35.5 Å². The zero-order valence-corrected chi connectivity index (χ0v) is 19.1. The monoisotopic (exact) mass is 462 g/mol. The van der Waals surface area contributed by atoms with E-state index in [0.717, 1.165) is 6.07 Å². The minimum Gasteiger partial charge on any atom is -0.382 e. The molecule has 10 nitrogen and oxygen atoms in total. The summed E-state index contributed by atoms with van der Waals surface area (Å²) >= 11 is 0. The van der Waals surface area contributed by atoms with Crippen LogP contribution in [0.5, 0.6) is 0 Å². The first-order valence-electron chi connectivity index (χ1n) is 10.2. The summed E-state index contributed by atoms with van der Waals surface area (Å²) in [5.74, 6) is -1.86. The molecule has 0 aliphatic carbocycles. The third kappa shape index (κ3) is 4.96. The van der Waals surface area contributed by atoms with Crippen LogP contribution in [-0.2, 0) is 11.8 Å². The Bertz CT molecular complexity index is 1180. The molecule has 2 aromatic heterocycles. The molecule has 3 aromatic rings. The highest BCUT2D eigenvalue weighted by Gasteiger charge is 2.21. The Kier molecular flexibility index (Phi) is 6.98. The van der Waals surface area contributed by atoms with Gasteiger partial charge in [-0.05, 0) is 25.1 Å². The number of nitrogens with one attached hydrogen (secondary N) is 2. The number of pyridine rings is 1. The maximum Gasteiger partial charge on any atom is 0.252 e. The molecule has 3 rings (SSSR count). The molecule has 0 aliphatic heterocycles. The highest BCUT2D eigenvalue weighted by atomic mass is 19.1. The molecule has 0 bridgehead atoms. The quantitative estimate of drug-likeness (QED) is 0.379. The molecule has 6 N–H and O–H groups in total. The number of fused-ring (bicyclic) bond motifs is 1. The smallest absolute Gasteiger partial charge is 0.252 e. The molecule has 1 amide bonds. The number of nitrogens with two attached hydrogens (primary N) is 2. The number of carbonyl (C=O) groups excluding carboxylic acids is 1. The summed E-state index contributed by atoms with van der Waals surface area (Å²) < 4.78 is 36.2. The van der Waals surface area contributed by atoms with Gasteiger partial charge in [0.15, 0.2) is 23.3 Å². The molecule has 178 valence electrons. The third-order valence-electron chi connectivity index (χ3n) is 5.10. The van der Waals surface area contributed by atoms with Gasteiger partial charge in [0.05, 0.1) is 18.2 Å². The highest BCUT2D eigenvalue weighted by molar-refractivity contribution is 5.99. The number of carbonyl (C=O) groups is 1. The lowest BCUT2D eigenvalue weighted by molar-refractivity contribution is 0.100. The number of benzene rings is 1. The lowest BCUT2D eigenvalue weighted by Crippen LogP contribution is -2.41. The molecule has 2 heterocycles. The fourth-order valence-corrected chi connectivity index (χ4v) is 3.44. The Morgan fingerprint density at radius 3 is 2.52 bits per heavy atom. The van der Waals surface area contributed by atoms with Crippen molar-refractivity contribution >= 4 is 40.0 Å². The van der Waals surface area contributed by atoms with Crippen molar-refractivity contribution in [2.45, 2.75) is 19.0 Å². The lowest BCUT2D eigenvalue weighted by atomic mass is 10.1. The number of halogens is 2. The zero-order chi connectivity index (χ0) is 24.4. The van der Waals surface area contributed by atoms with E-state index in [1.807, 2.05) is 0 Å². The second-order valence-electron chi connectivity index (χ2n) is 7.97. The van der Waals surface area contributed by atoms with Crippen molar-refractivity contribution in [2.75, 3.05) is 43.3 Å². The summed E-state index contributed by atoms with van der Waals surface area (Å²) in [4.78, 5) is 17.9. The number of aryl methyl sites for hydroxylation is 1. The number of amides is 1. The van der Waals surface area contributed by atoms with E-state index in [2.05, 4.69) is 20.7 Å². The summed E-state index contributed by atoms with van der Waals surface area (Å²) in [5, 5.41) is 10.7. The Morgan fingerprint density at radius 1 is 1.24 bits per heavy atom. The Hall–Kier alpha value is -3.51. The standard InChI is InChI=1S/C21H28F2N8O2/c1-10(24)16(9-33-5)27-20-15(23)8-13(18(25)32)19(28-20)26-11-6-12-17(14(22)7-11)31(4)29-21(12)30(2)3/h6-8,10,16H,9,24H2,1-5H3,(H2,25,32)(H2,26,27,28)/t10-,16+/m0/s1. The van der Waals surface area contributed by atoms with Crippen molar-refractivity contribution in [3.8, 4) is 0 Å². The first-order valence-corrected chi connectivity index (χ1v) is 10.2. The molecule has 0 unspecified atom stereocenters. The number of aromatic nitrogens is 3. The van der Waals surface area contributed by atoms with Crippen molar-refractivity contribution in [2.24, 2.45) is 18.5 Å². The van der Waals surface area contributed by atoms with Crippen LogP contribution in [0, 0.1) is 11.6 Å². The number of hydrogen-bond donors (Lipinski definition) is 4. The van der Waals surface area contributed by atoms with Gasteiger partial charge >= 0.3 is 0 Å². The molecule has 12 heteroatoms. The van der Waals surface area contributed by atoms with Crippen LogP contribution in [0.1, 0.15) is 17.3 Å². The Morgan fingerprint density at radius 2 is 1.94 bits per heavy atom. The number of methoxy groups -OCH3 is 1. The fraction of sp³-hybridized carbons (Fsp3) is 0.381. The SMILES string of the molecule is COC[C@@H](Nc1nc(Nc2cc(F)c3c(c2)c(N(C)C)nn3C)c(C(N)=O)cc1F)[C@H](C)N. The van der Waals surface area contributed by atoms with Crippen molar-refractivity contribution in [1.29, 1.82) is 0 Å². The molecule has 0 radical (unpaired) electrons. The summed E-state index contributed by atoms with van der Waals surface area (Å²) in [7, 11) is 6.72. The van der Waals surface area contributed by atoms with Gasteiger partial charge in [0.25, 0.3) is 5.91 Å². The largest absolute Gasteiger partial charge is 0.382 e. The lowest BCUT2D eigenvalue weighted by Gasteiger charge is -2.23. The van der Waals surface area contributed by atoms with E-state index in [0.29, 0.717) is 16.7 Å². The Labute approximate surface area is 189 Å². The van der Waals surface area contributed by atoms with Gasteiger partial charge in [-0.1, -0.05) is 0 Å². The normalized spacial score (nSPS) is 13.1. The molecular formula is C21H28F2N8O2. The highest BCUT2D eigenvalue weighted by Crippen LogP contribution is 2.32. The van der Waals surface area contributed by atoms with Gasteiger partial charge in [0, 0.05) is 45.4 Å². The van der Waals surface area contributed by atoms with Gasteiger partial charge in [0.1, 0.15) is 11.3 Å². The van der Waals surface area contributed by atoms with Gasteiger partial charge < -0.3 is 31.7 Å². The molecule has 0 spiro atoms. The van der Waals surface area contributed by atoms with E-state index < -0.39 is 23.6 Å². The van der Waals surface area contributed by atoms with E-state index in [9.17, 15) is 13.6 Å². The molecule has 0 aliphatic rings. The maximum atomic E-state index is 14.9. The molecule has 33 heavy (non-hydrogen) atoms. The summed E-state index contributed by atoms with van der Waals surface area (Å²) in [6.07, 6.45) is 0. The maximum absolute atomic E-state index is 14.9. The third-order valence-corrected chi connectivity index (χ3v) is 5.10. The predicted octanol–water partition coefficient (Wildman–Crippen LogP) is 1.93. The minimum absolute atomic E-state index is 0.0405. The predicted molar refractivity (Wildman–Crippen MR) is 124 cm³/mol. The topological polar surface area (TPSA) is 136 Å². The van der Waals surface area contributed by atoms with Crippen LogP contribution < -0.4 is 27.0 Å². The molecule has 0 fully saturated rings. The van der Waals surface area contributed by atoms with Crippen molar-refractivity contribution in [3.05, 3.63) is 35.4 Å². The van der Waals surface area contributed by atoms with Crippen LogP contribution >= 0.6 is 0 Å². The van der Waals surface area contributed by atoms with Gasteiger partial charge in [0.2, 0.25) is 0 Å². The second kappa shape index (κ2) is 9.55. The average Bonchev–Trinajstić information content (AvgIpc) is 3.06. The van der Waals surface area contributed by atoms with Crippen LogP contribution in [0.25, 0.3) is 10.9 Å². The van der Waals surface area contributed by atoms with Crippen LogP contribution in [0.4, 0.5) is 31.9 Å². The zero-order valence-electron chi connectivity index (χ0n) is 19.1. The number of primary amides is 1. The van der Waals surface area contributed by atoms with Crippen molar-refractivity contribution < 1.29 is 18.3 Å². The van der Waals surface area contributed by atoms with Gasteiger partial charge in [-0.2, -0.15) is 5.10 Å². The number of rotatable bonds is 9. The summed E-state index contributed by atoms with van der Waals surface area (Å²) in [5.41, 5.74) is 11.8. The van der Waals surface area contributed by atoms with Gasteiger partial charge in [-0.15, -0.1) is 0 Å². The van der Waals surface area contributed by atoms with Crippen LogP contribution in [0.15, 0.2) is 18.2 Å². The number of nitrogens with zero attached hydrogens (tertiary/aromatic N) is 4.